The summed E-state index contributed by atoms with van der Waals surface area (Å²) in [6.07, 6.45) is 0. The zero-order valence-electron chi connectivity index (χ0n) is 27.3. The van der Waals surface area contributed by atoms with Crippen molar-refractivity contribution in [1.82, 2.24) is 4.57 Å². The summed E-state index contributed by atoms with van der Waals surface area (Å²) in [5, 5.41) is 5.18. The highest BCUT2D eigenvalue weighted by Crippen LogP contribution is 2.39. The van der Waals surface area contributed by atoms with Crippen LogP contribution in [0.5, 0.6) is 0 Å². The Balaban J connectivity index is 1.06. The molecule has 0 aliphatic heterocycles. The van der Waals surface area contributed by atoms with E-state index in [1.54, 1.807) is 0 Å². The monoisotopic (exact) mass is 653 g/mol. The van der Waals surface area contributed by atoms with E-state index in [1.165, 1.54) is 86.5 Å². The third-order valence-electron chi connectivity index (χ3n) is 9.99. The van der Waals surface area contributed by atoms with E-state index in [2.05, 4.69) is 193 Å². The SMILES string of the molecule is c1ccc(-c2cccc(-c3cccc(-c4cccc(-n5c6ccccc6c6cc(-c7ccc8sc9ccccc9c8c7)ccc65)c4)c3)c2)cc1. The average Bonchev–Trinajstić information content (AvgIpc) is 3.73. The smallest absolute Gasteiger partial charge is 0.0541 e. The molecule has 0 saturated heterocycles. The molecule has 0 fully saturated rings. The summed E-state index contributed by atoms with van der Waals surface area (Å²) in [7, 11) is 0. The van der Waals surface area contributed by atoms with Crippen LogP contribution < -0.4 is 0 Å². The van der Waals surface area contributed by atoms with Crippen LogP contribution in [0.1, 0.15) is 0 Å². The Morgan fingerprint density at radius 3 is 1.54 bits per heavy atom. The van der Waals surface area contributed by atoms with Gasteiger partial charge in [-0.2, -0.15) is 0 Å². The molecule has 0 aliphatic carbocycles. The normalized spacial score (nSPS) is 11.6. The minimum Gasteiger partial charge on any atom is -0.309 e. The van der Waals surface area contributed by atoms with Crippen LogP contribution >= 0.6 is 11.3 Å². The van der Waals surface area contributed by atoms with Crippen molar-refractivity contribution in [1.29, 1.82) is 0 Å². The van der Waals surface area contributed by atoms with Gasteiger partial charge in [0.1, 0.15) is 0 Å². The lowest BCUT2D eigenvalue weighted by Gasteiger charge is -2.12. The maximum Gasteiger partial charge on any atom is 0.0541 e. The number of hydrogen-bond donors (Lipinski definition) is 0. The van der Waals surface area contributed by atoms with Gasteiger partial charge >= 0.3 is 0 Å². The van der Waals surface area contributed by atoms with Gasteiger partial charge in [0.15, 0.2) is 0 Å². The molecular weight excluding hydrogens is 623 g/mol. The van der Waals surface area contributed by atoms with Crippen LogP contribution in [-0.4, -0.2) is 4.57 Å². The lowest BCUT2D eigenvalue weighted by molar-refractivity contribution is 1.18. The first-order valence-corrected chi connectivity index (χ1v) is 17.9. The fourth-order valence-electron chi connectivity index (χ4n) is 7.55. The van der Waals surface area contributed by atoms with Crippen molar-refractivity contribution in [2.75, 3.05) is 0 Å². The van der Waals surface area contributed by atoms with Crippen molar-refractivity contribution in [3.8, 4) is 50.2 Å². The predicted octanol–water partition coefficient (Wildman–Crippen LogP) is 13.8. The molecule has 2 heterocycles. The number of nitrogens with zero attached hydrogens (tertiary/aromatic N) is 1. The van der Waals surface area contributed by atoms with E-state index in [0.717, 1.165) is 5.69 Å². The summed E-state index contributed by atoms with van der Waals surface area (Å²) in [6.45, 7) is 0. The zero-order chi connectivity index (χ0) is 33.0. The number of benzene rings is 8. The lowest BCUT2D eigenvalue weighted by atomic mass is 9.96. The van der Waals surface area contributed by atoms with Gasteiger partial charge in [0.25, 0.3) is 0 Å². The first-order valence-electron chi connectivity index (χ1n) is 17.1. The van der Waals surface area contributed by atoms with E-state index < -0.39 is 0 Å². The third kappa shape index (κ3) is 4.84. The maximum absolute atomic E-state index is 2.42. The van der Waals surface area contributed by atoms with E-state index in [0.29, 0.717) is 0 Å². The highest BCUT2D eigenvalue weighted by atomic mass is 32.1. The lowest BCUT2D eigenvalue weighted by Crippen LogP contribution is -1.94. The summed E-state index contributed by atoms with van der Waals surface area (Å²) in [6, 6.07) is 68.7. The second kappa shape index (κ2) is 11.7. The zero-order valence-corrected chi connectivity index (χ0v) is 28.1. The second-order valence-electron chi connectivity index (χ2n) is 13.0. The van der Waals surface area contributed by atoms with Crippen molar-refractivity contribution in [3.05, 3.63) is 188 Å². The number of rotatable bonds is 5. The van der Waals surface area contributed by atoms with Gasteiger partial charge in [0.2, 0.25) is 0 Å². The largest absolute Gasteiger partial charge is 0.309 e. The Morgan fingerprint density at radius 2 is 0.780 bits per heavy atom. The molecule has 50 heavy (non-hydrogen) atoms. The Kier molecular flexibility index (Phi) is 6.75. The average molecular weight is 654 g/mol. The Bertz CT molecular complexity index is 2870. The van der Waals surface area contributed by atoms with Crippen molar-refractivity contribution in [2.45, 2.75) is 0 Å². The molecule has 0 spiro atoms. The summed E-state index contributed by atoms with van der Waals surface area (Å²) in [4.78, 5) is 0. The molecule has 234 valence electrons. The van der Waals surface area contributed by atoms with Crippen molar-refractivity contribution in [2.24, 2.45) is 0 Å². The topological polar surface area (TPSA) is 4.93 Å². The Hall–Kier alpha value is -6.22. The molecule has 10 rings (SSSR count). The molecule has 8 aromatic carbocycles. The molecule has 0 radical (unpaired) electrons. The van der Waals surface area contributed by atoms with Crippen LogP contribution in [0.2, 0.25) is 0 Å². The van der Waals surface area contributed by atoms with Crippen molar-refractivity contribution < 1.29 is 0 Å². The van der Waals surface area contributed by atoms with Crippen LogP contribution in [-0.2, 0) is 0 Å². The van der Waals surface area contributed by atoms with Crippen LogP contribution in [0.4, 0.5) is 0 Å². The van der Waals surface area contributed by atoms with Crippen LogP contribution in [0.25, 0.3) is 92.2 Å². The van der Waals surface area contributed by atoms with Gasteiger partial charge in [0.05, 0.1) is 11.0 Å². The highest BCUT2D eigenvalue weighted by molar-refractivity contribution is 7.25. The van der Waals surface area contributed by atoms with E-state index in [1.807, 2.05) is 11.3 Å². The minimum atomic E-state index is 1.16. The molecular formula is C48H31NS. The van der Waals surface area contributed by atoms with Gasteiger partial charge in [-0.25, -0.2) is 0 Å². The molecule has 2 aromatic heterocycles. The van der Waals surface area contributed by atoms with E-state index in [9.17, 15) is 0 Å². The van der Waals surface area contributed by atoms with Crippen LogP contribution in [0.3, 0.4) is 0 Å². The standard InChI is InChI=1S/C48H31NS/c1-2-11-32(12-3-1)33-13-8-14-34(27-33)35-15-9-16-36(28-35)37-17-10-18-40(29-37)49-45-21-6-4-19-41(45)43-30-38(23-25-46(43)49)39-24-26-48-44(31-39)42-20-5-7-22-47(42)50-48/h1-31H. The number of hydrogen-bond acceptors (Lipinski definition) is 1. The maximum atomic E-state index is 2.42. The molecule has 0 unspecified atom stereocenters. The molecule has 10 aromatic rings. The fourth-order valence-corrected chi connectivity index (χ4v) is 8.63. The first kappa shape index (κ1) is 28.8. The molecule has 0 aliphatic rings. The predicted molar refractivity (Wildman–Crippen MR) is 215 cm³/mol. The number of thiophene rings is 1. The van der Waals surface area contributed by atoms with E-state index in [-0.39, 0.29) is 0 Å². The molecule has 0 bridgehead atoms. The van der Waals surface area contributed by atoms with Gasteiger partial charge < -0.3 is 4.57 Å². The highest BCUT2D eigenvalue weighted by Gasteiger charge is 2.15. The molecule has 0 saturated carbocycles. The van der Waals surface area contributed by atoms with Crippen molar-refractivity contribution in [3.63, 3.8) is 0 Å². The summed E-state index contributed by atoms with van der Waals surface area (Å²) in [5.41, 5.74) is 13.3. The quantitative estimate of drug-likeness (QED) is 0.174. The minimum absolute atomic E-state index is 1.16. The second-order valence-corrected chi connectivity index (χ2v) is 14.1. The van der Waals surface area contributed by atoms with Gasteiger partial charge in [0, 0.05) is 36.6 Å². The van der Waals surface area contributed by atoms with Gasteiger partial charge in [-0.15, -0.1) is 11.3 Å². The van der Waals surface area contributed by atoms with Crippen LogP contribution in [0.15, 0.2) is 188 Å². The van der Waals surface area contributed by atoms with Crippen LogP contribution in [0, 0.1) is 0 Å². The summed E-state index contributed by atoms with van der Waals surface area (Å²) in [5.74, 6) is 0. The third-order valence-corrected chi connectivity index (χ3v) is 11.1. The Labute approximate surface area is 295 Å². The molecule has 2 heteroatoms. The molecule has 0 N–H and O–H groups in total. The fraction of sp³-hybridized carbons (Fsp3) is 0. The van der Waals surface area contributed by atoms with Gasteiger partial charge in [-0.1, -0.05) is 127 Å². The van der Waals surface area contributed by atoms with Gasteiger partial charge in [-0.05, 0) is 105 Å². The van der Waals surface area contributed by atoms with E-state index >= 15 is 0 Å². The Morgan fingerprint density at radius 1 is 0.280 bits per heavy atom. The molecule has 1 nitrogen and oxygen atoms in total. The van der Waals surface area contributed by atoms with E-state index in [4.69, 9.17) is 0 Å². The molecule has 0 amide bonds. The summed E-state index contributed by atoms with van der Waals surface area (Å²) < 4.78 is 5.09. The number of fused-ring (bicyclic) bond motifs is 6. The van der Waals surface area contributed by atoms with Gasteiger partial charge in [-0.3, -0.25) is 0 Å². The molecule has 0 atom stereocenters. The van der Waals surface area contributed by atoms with Crippen molar-refractivity contribution >= 4 is 53.3 Å². The number of aromatic nitrogens is 1. The summed E-state index contributed by atoms with van der Waals surface area (Å²) >= 11 is 1.87. The number of para-hydroxylation sites is 1. The first-order chi connectivity index (χ1) is 24.8.